The molecule has 0 aliphatic carbocycles. The van der Waals surface area contributed by atoms with Crippen LogP contribution in [0, 0.1) is 0 Å². The molecule has 0 N–H and O–H groups in total. The molecule has 1 aliphatic rings. The molecule has 1 aromatic carbocycles. The maximum Gasteiger partial charge on any atom is 0.344 e. The van der Waals surface area contributed by atoms with Gasteiger partial charge in [0.15, 0.2) is 23.2 Å². The number of carbonyl (C=O) groups excluding carboxylic acids is 3. The highest BCUT2D eigenvalue weighted by molar-refractivity contribution is 7.80. The third kappa shape index (κ3) is 4.92. The standard InChI is InChI=1S/C20H24N2O6S/c1-5-21-18(24)14(19(25)22(6-2)20(21)29)10-13-8-9-15(26-4)16(11-13)28-12-17(23)27-7-3/h8-11H,5-7,12H2,1-4H3. The van der Waals surface area contributed by atoms with E-state index in [1.165, 1.54) is 23.0 Å². The van der Waals surface area contributed by atoms with Crippen molar-refractivity contribution in [2.75, 3.05) is 33.4 Å². The summed E-state index contributed by atoms with van der Waals surface area (Å²) in [5, 5.41) is 0.204. The molecule has 29 heavy (non-hydrogen) atoms. The predicted octanol–water partition coefficient (Wildman–Crippen LogP) is 2.02. The number of amides is 2. The lowest BCUT2D eigenvalue weighted by Crippen LogP contribution is -2.55. The van der Waals surface area contributed by atoms with Crippen molar-refractivity contribution in [1.82, 2.24) is 9.80 Å². The normalized spacial score (nSPS) is 14.2. The minimum absolute atomic E-state index is 0.00353. The predicted molar refractivity (Wildman–Crippen MR) is 110 cm³/mol. The molecule has 0 saturated carbocycles. The van der Waals surface area contributed by atoms with Crippen LogP contribution in [0.3, 0.4) is 0 Å². The summed E-state index contributed by atoms with van der Waals surface area (Å²) in [5.74, 6) is -0.708. The van der Waals surface area contributed by atoms with E-state index in [0.29, 0.717) is 30.2 Å². The number of thiocarbonyl (C=S) groups is 1. The fraction of sp³-hybridized carbons (Fsp3) is 0.400. The average Bonchev–Trinajstić information content (AvgIpc) is 2.70. The van der Waals surface area contributed by atoms with Gasteiger partial charge in [0.1, 0.15) is 5.57 Å². The van der Waals surface area contributed by atoms with Gasteiger partial charge in [-0.15, -0.1) is 0 Å². The maximum atomic E-state index is 12.7. The number of hydrogen-bond donors (Lipinski definition) is 0. The highest BCUT2D eigenvalue weighted by atomic mass is 32.1. The summed E-state index contributed by atoms with van der Waals surface area (Å²) in [4.78, 5) is 39.8. The number of likely N-dealkylation sites (N-methyl/N-ethyl adjacent to an activating group) is 2. The molecule has 0 atom stereocenters. The molecular weight excluding hydrogens is 396 g/mol. The second-order valence-corrected chi connectivity index (χ2v) is 6.31. The van der Waals surface area contributed by atoms with Crippen LogP contribution in [-0.2, 0) is 19.1 Å². The van der Waals surface area contributed by atoms with Crippen LogP contribution in [0.4, 0.5) is 0 Å². The van der Waals surface area contributed by atoms with Gasteiger partial charge in [0, 0.05) is 13.1 Å². The zero-order valence-corrected chi connectivity index (χ0v) is 17.7. The van der Waals surface area contributed by atoms with Gasteiger partial charge in [-0.05, 0) is 56.8 Å². The van der Waals surface area contributed by atoms with E-state index in [-0.39, 0.29) is 23.9 Å². The van der Waals surface area contributed by atoms with Crippen molar-refractivity contribution in [3.8, 4) is 11.5 Å². The van der Waals surface area contributed by atoms with Gasteiger partial charge < -0.3 is 14.2 Å². The van der Waals surface area contributed by atoms with Gasteiger partial charge >= 0.3 is 5.97 Å². The number of nitrogens with zero attached hydrogens (tertiary/aromatic N) is 2. The molecule has 1 saturated heterocycles. The van der Waals surface area contributed by atoms with E-state index in [0.717, 1.165) is 0 Å². The van der Waals surface area contributed by atoms with Crippen LogP contribution < -0.4 is 9.47 Å². The molecule has 0 bridgehead atoms. The number of rotatable bonds is 8. The molecular formula is C20H24N2O6S. The molecule has 1 aromatic rings. The lowest BCUT2D eigenvalue weighted by Gasteiger charge is -2.35. The number of carbonyl (C=O) groups is 3. The number of benzene rings is 1. The molecule has 1 fully saturated rings. The highest BCUT2D eigenvalue weighted by Gasteiger charge is 2.37. The summed E-state index contributed by atoms with van der Waals surface area (Å²) in [7, 11) is 1.47. The quantitative estimate of drug-likeness (QED) is 0.275. The molecule has 1 aliphatic heterocycles. The Bertz CT molecular complexity index is 823. The van der Waals surface area contributed by atoms with E-state index >= 15 is 0 Å². The third-order valence-electron chi connectivity index (χ3n) is 4.19. The number of esters is 1. The molecule has 0 radical (unpaired) electrons. The summed E-state index contributed by atoms with van der Waals surface area (Å²) in [6, 6.07) is 4.90. The molecule has 2 rings (SSSR count). The Kier molecular flexibility index (Phi) is 7.72. The summed E-state index contributed by atoms with van der Waals surface area (Å²) in [5.41, 5.74) is 0.546. The van der Waals surface area contributed by atoms with Crippen molar-refractivity contribution in [3.05, 3.63) is 29.3 Å². The average molecular weight is 420 g/mol. The lowest BCUT2D eigenvalue weighted by molar-refractivity contribution is -0.145. The van der Waals surface area contributed by atoms with E-state index in [9.17, 15) is 14.4 Å². The van der Waals surface area contributed by atoms with Gasteiger partial charge in [0.05, 0.1) is 13.7 Å². The molecule has 8 nitrogen and oxygen atoms in total. The Morgan fingerprint density at radius 3 is 2.21 bits per heavy atom. The van der Waals surface area contributed by atoms with Gasteiger partial charge in [-0.2, -0.15) is 0 Å². The minimum atomic E-state index is -0.512. The summed E-state index contributed by atoms with van der Waals surface area (Å²) < 4.78 is 15.6. The largest absolute Gasteiger partial charge is 0.493 e. The van der Waals surface area contributed by atoms with Gasteiger partial charge in [-0.1, -0.05) is 6.07 Å². The second-order valence-electron chi connectivity index (χ2n) is 5.94. The fourth-order valence-electron chi connectivity index (χ4n) is 2.78. The number of methoxy groups -OCH3 is 1. The molecule has 156 valence electrons. The monoisotopic (exact) mass is 420 g/mol. The Labute approximate surface area is 175 Å². The van der Waals surface area contributed by atoms with Crippen LogP contribution in [0.15, 0.2) is 23.8 Å². The van der Waals surface area contributed by atoms with Gasteiger partial charge in [-0.25, -0.2) is 4.79 Å². The molecule has 2 amide bonds. The van der Waals surface area contributed by atoms with Crippen LogP contribution in [0.25, 0.3) is 6.08 Å². The van der Waals surface area contributed by atoms with E-state index in [1.807, 2.05) is 0 Å². The Morgan fingerprint density at radius 1 is 1.07 bits per heavy atom. The van der Waals surface area contributed by atoms with Crippen LogP contribution in [0.5, 0.6) is 11.5 Å². The summed E-state index contributed by atoms with van der Waals surface area (Å²) in [6.45, 7) is 5.96. The summed E-state index contributed by atoms with van der Waals surface area (Å²) >= 11 is 5.26. The Morgan fingerprint density at radius 2 is 1.69 bits per heavy atom. The first-order valence-electron chi connectivity index (χ1n) is 9.23. The van der Waals surface area contributed by atoms with Crippen molar-refractivity contribution in [3.63, 3.8) is 0 Å². The number of ether oxygens (including phenoxy) is 3. The summed E-state index contributed by atoms with van der Waals surface area (Å²) in [6.07, 6.45) is 1.48. The van der Waals surface area contributed by atoms with Crippen molar-refractivity contribution in [2.24, 2.45) is 0 Å². The Balaban J connectivity index is 2.37. The molecule has 0 aromatic heterocycles. The van der Waals surface area contributed by atoms with E-state index in [2.05, 4.69) is 0 Å². The van der Waals surface area contributed by atoms with E-state index < -0.39 is 17.8 Å². The van der Waals surface area contributed by atoms with Gasteiger partial charge in [0.2, 0.25) is 0 Å². The van der Waals surface area contributed by atoms with Gasteiger partial charge in [0.25, 0.3) is 11.8 Å². The Hall–Kier alpha value is -2.94. The van der Waals surface area contributed by atoms with Crippen molar-refractivity contribution in [1.29, 1.82) is 0 Å². The highest BCUT2D eigenvalue weighted by Crippen LogP contribution is 2.30. The maximum absolute atomic E-state index is 12.7. The zero-order chi connectivity index (χ0) is 21.6. The van der Waals surface area contributed by atoms with Gasteiger partial charge in [-0.3, -0.25) is 19.4 Å². The minimum Gasteiger partial charge on any atom is -0.493 e. The molecule has 0 unspecified atom stereocenters. The first-order chi connectivity index (χ1) is 13.9. The first-order valence-corrected chi connectivity index (χ1v) is 9.64. The molecule has 0 spiro atoms. The fourth-order valence-corrected chi connectivity index (χ4v) is 3.21. The number of hydrogen-bond acceptors (Lipinski definition) is 7. The van der Waals surface area contributed by atoms with E-state index in [4.69, 9.17) is 26.4 Å². The van der Waals surface area contributed by atoms with Crippen molar-refractivity contribution < 1.29 is 28.6 Å². The van der Waals surface area contributed by atoms with Crippen LogP contribution >= 0.6 is 12.2 Å². The van der Waals surface area contributed by atoms with E-state index in [1.54, 1.807) is 39.0 Å². The van der Waals surface area contributed by atoms with Crippen molar-refractivity contribution >= 4 is 41.2 Å². The second kappa shape index (κ2) is 10.0. The third-order valence-corrected chi connectivity index (χ3v) is 4.64. The van der Waals surface area contributed by atoms with Crippen molar-refractivity contribution in [2.45, 2.75) is 20.8 Å². The SMILES string of the molecule is CCOC(=O)COc1cc(C=C2C(=O)N(CC)C(=S)N(CC)C2=O)ccc1OC. The van der Waals surface area contributed by atoms with Crippen LogP contribution in [-0.4, -0.2) is 66.1 Å². The smallest absolute Gasteiger partial charge is 0.344 e. The first kappa shape index (κ1) is 22.4. The van der Waals surface area contributed by atoms with Crippen LogP contribution in [0.2, 0.25) is 0 Å². The zero-order valence-electron chi connectivity index (χ0n) is 16.9. The molecule has 1 heterocycles. The topological polar surface area (TPSA) is 85.4 Å². The van der Waals surface area contributed by atoms with Crippen LogP contribution in [0.1, 0.15) is 26.3 Å². The molecule has 9 heteroatoms. The lowest BCUT2D eigenvalue weighted by atomic mass is 10.1.